The van der Waals surface area contributed by atoms with Gasteiger partial charge in [-0.1, -0.05) is 11.3 Å². The van der Waals surface area contributed by atoms with E-state index in [1.165, 1.54) is 23.5 Å². The van der Waals surface area contributed by atoms with Crippen molar-refractivity contribution in [1.29, 1.82) is 0 Å². The second kappa shape index (κ2) is 6.68. The zero-order valence-corrected chi connectivity index (χ0v) is 16.0. The number of carbonyl (C=O) groups is 1. The van der Waals surface area contributed by atoms with E-state index < -0.39 is 10.0 Å². The van der Waals surface area contributed by atoms with E-state index in [0.717, 1.165) is 16.9 Å². The highest BCUT2D eigenvalue weighted by molar-refractivity contribution is 7.89. The Morgan fingerprint density at radius 1 is 1.12 bits per heavy atom. The molecule has 0 amide bonds. The molecule has 11 heteroatoms. The molecule has 3 rings (SSSR count). The number of hydrogen-bond acceptors (Lipinski definition) is 9. The highest BCUT2D eigenvalue weighted by Gasteiger charge is 2.21. The lowest BCUT2D eigenvalue weighted by atomic mass is 10.2. The molecule has 0 saturated carbocycles. The number of aromatic nitrogens is 1. The molecule has 0 radical (unpaired) electrons. The molecule has 0 spiro atoms. The average Bonchev–Trinajstić information content (AvgIpc) is 3.08. The van der Waals surface area contributed by atoms with Crippen molar-refractivity contribution in [3.05, 3.63) is 45.6 Å². The predicted molar refractivity (Wildman–Crippen MR) is 105 cm³/mol. The number of primary sulfonamides is 1. The number of nitrogens with one attached hydrogen (secondary N) is 1. The molecule has 8 nitrogen and oxygen atoms in total. The summed E-state index contributed by atoms with van der Waals surface area (Å²) in [5.74, 6) is -0.105. The molecule has 7 N–H and O–H groups in total. The number of anilines is 4. The van der Waals surface area contributed by atoms with Crippen LogP contribution in [0.5, 0.6) is 0 Å². The van der Waals surface area contributed by atoms with Crippen LogP contribution < -0.4 is 21.9 Å². The van der Waals surface area contributed by atoms with E-state index in [1.807, 2.05) is 6.92 Å². The number of carbonyl (C=O) groups excluding carboxylic acids is 1. The van der Waals surface area contributed by atoms with Crippen LogP contribution in [0.4, 0.5) is 21.6 Å². The van der Waals surface area contributed by atoms with Crippen molar-refractivity contribution in [3.63, 3.8) is 0 Å². The minimum Gasteiger partial charge on any atom is -0.391 e. The normalized spacial score (nSPS) is 11.5. The SMILES string of the molecule is Cc1cc(N)sc1C(=O)c1sc(Nc2ccc(S(N)(=O)=O)cc2)nc1N. The topological polar surface area (TPSA) is 154 Å². The van der Waals surface area contributed by atoms with Crippen LogP contribution in [-0.2, 0) is 10.0 Å². The summed E-state index contributed by atoms with van der Waals surface area (Å²) in [4.78, 5) is 17.7. The average molecular weight is 410 g/mol. The number of benzene rings is 1. The molecule has 2 aromatic heterocycles. The zero-order valence-electron chi connectivity index (χ0n) is 13.5. The lowest BCUT2D eigenvalue weighted by molar-refractivity contribution is 0.104. The molecule has 26 heavy (non-hydrogen) atoms. The van der Waals surface area contributed by atoms with Gasteiger partial charge in [-0.25, -0.2) is 18.5 Å². The molecule has 2 heterocycles. The number of thiophene rings is 1. The third-order valence-corrected chi connectivity index (χ3v) is 6.42. The van der Waals surface area contributed by atoms with Gasteiger partial charge < -0.3 is 16.8 Å². The molecular formula is C15H15N5O3S3. The Kier molecular flexibility index (Phi) is 4.71. The van der Waals surface area contributed by atoms with E-state index in [1.54, 1.807) is 18.2 Å². The second-order valence-electron chi connectivity index (χ2n) is 5.42. The molecule has 0 unspecified atom stereocenters. The monoisotopic (exact) mass is 409 g/mol. The zero-order chi connectivity index (χ0) is 19.1. The molecule has 136 valence electrons. The molecule has 0 atom stereocenters. The van der Waals surface area contributed by atoms with Crippen LogP contribution >= 0.6 is 22.7 Å². The maximum atomic E-state index is 12.7. The van der Waals surface area contributed by atoms with E-state index in [2.05, 4.69) is 10.3 Å². The Labute approximate surface area is 157 Å². The summed E-state index contributed by atoms with van der Waals surface area (Å²) in [6, 6.07) is 7.57. The minimum absolute atomic E-state index is 0.00308. The van der Waals surface area contributed by atoms with Gasteiger partial charge in [-0.2, -0.15) is 0 Å². The Morgan fingerprint density at radius 2 is 1.77 bits per heavy atom. The van der Waals surface area contributed by atoms with Crippen molar-refractivity contribution in [2.75, 3.05) is 16.8 Å². The number of hydrogen-bond donors (Lipinski definition) is 4. The van der Waals surface area contributed by atoms with E-state index in [9.17, 15) is 13.2 Å². The van der Waals surface area contributed by atoms with Gasteiger partial charge >= 0.3 is 0 Å². The van der Waals surface area contributed by atoms with Crippen LogP contribution in [0.1, 0.15) is 20.1 Å². The molecule has 0 bridgehead atoms. The smallest absolute Gasteiger partial charge is 0.238 e. The third-order valence-electron chi connectivity index (χ3n) is 3.44. The van der Waals surface area contributed by atoms with Crippen molar-refractivity contribution in [2.24, 2.45) is 5.14 Å². The molecule has 3 aromatic rings. The molecule has 0 aliphatic rings. The van der Waals surface area contributed by atoms with E-state index >= 15 is 0 Å². The fourth-order valence-corrected chi connectivity index (χ4v) is 4.55. The van der Waals surface area contributed by atoms with Crippen LogP contribution in [0.2, 0.25) is 0 Å². The number of nitrogens with zero attached hydrogens (tertiary/aromatic N) is 1. The first kappa shape index (κ1) is 18.3. The highest BCUT2D eigenvalue weighted by Crippen LogP contribution is 2.33. The Morgan fingerprint density at radius 3 is 2.31 bits per heavy atom. The number of nitrogens with two attached hydrogens (primary N) is 3. The van der Waals surface area contributed by atoms with E-state index in [0.29, 0.717) is 25.6 Å². The Bertz CT molecular complexity index is 1080. The van der Waals surface area contributed by atoms with Crippen LogP contribution in [0.3, 0.4) is 0 Å². The lowest BCUT2D eigenvalue weighted by Crippen LogP contribution is -2.11. The van der Waals surface area contributed by atoms with E-state index in [-0.39, 0.29) is 16.5 Å². The maximum absolute atomic E-state index is 12.7. The van der Waals surface area contributed by atoms with Gasteiger partial charge in [-0.3, -0.25) is 4.79 Å². The molecule has 0 fully saturated rings. The second-order valence-corrected chi connectivity index (χ2v) is 9.06. The molecular weight excluding hydrogens is 394 g/mol. The van der Waals surface area contributed by atoms with Gasteiger partial charge in [0, 0.05) is 5.69 Å². The Balaban J connectivity index is 1.84. The van der Waals surface area contributed by atoms with E-state index in [4.69, 9.17) is 16.6 Å². The van der Waals surface area contributed by atoms with Gasteiger partial charge in [0.1, 0.15) is 10.7 Å². The summed E-state index contributed by atoms with van der Waals surface area (Å²) in [6.07, 6.45) is 0. The predicted octanol–water partition coefficient (Wildman–Crippen LogP) is 2.30. The van der Waals surface area contributed by atoms with Crippen molar-refractivity contribution in [2.45, 2.75) is 11.8 Å². The molecule has 0 saturated heterocycles. The third kappa shape index (κ3) is 3.70. The number of nitrogen functional groups attached to an aromatic ring is 2. The first-order valence-electron chi connectivity index (χ1n) is 7.22. The van der Waals surface area contributed by atoms with Crippen LogP contribution in [0.15, 0.2) is 35.2 Å². The number of rotatable bonds is 5. The van der Waals surface area contributed by atoms with Gasteiger partial charge in [-0.05, 0) is 42.8 Å². The van der Waals surface area contributed by atoms with Gasteiger partial charge in [0.05, 0.1) is 14.8 Å². The van der Waals surface area contributed by atoms with Gasteiger partial charge in [0.2, 0.25) is 15.8 Å². The number of thiazole rings is 1. The van der Waals surface area contributed by atoms with Crippen LogP contribution in [-0.4, -0.2) is 19.2 Å². The summed E-state index contributed by atoms with van der Waals surface area (Å²) < 4.78 is 22.5. The summed E-state index contributed by atoms with van der Waals surface area (Å²) in [6.45, 7) is 1.81. The molecule has 1 aromatic carbocycles. The summed E-state index contributed by atoms with van der Waals surface area (Å²) in [7, 11) is -3.75. The maximum Gasteiger partial charge on any atom is 0.238 e. The van der Waals surface area contributed by atoms with Gasteiger partial charge in [0.15, 0.2) is 5.13 Å². The largest absolute Gasteiger partial charge is 0.391 e. The van der Waals surface area contributed by atoms with Crippen molar-refractivity contribution >= 4 is 60.1 Å². The van der Waals surface area contributed by atoms with Crippen molar-refractivity contribution in [1.82, 2.24) is 4.98 Å². The number of sulfonamides is 1. The van der Waals surface area contributed by atoms with Crippen molar-refractivity contribution in [3.8, 4) is 0 Å². The fraction of sp³-hybridized carbons (Fsp3) is 0.0667. The number of ketones is 1. The van der Waals surface area contributed by atoms with Gasteiger partial charge in [0.25, 0.3) is 0 Å². The first-order chi connectivity index (χ1) is 12.1. The highest BCUT2D eigenvalue weighted by atomic mass is 32.2. The molecule has 0 aliphatic carbocycles. The van der Waals surface area contributed by atoms with Crippen LogP contribution in [0, 0.1) is 6.92 Å². The minimum atomic E-state index is -3.75. The standard InChI is InChI=1S/C15H15N5O3S3/c1-7-6-10(16)24-12(7)11(21)13-14(17)20-15(25-13)19-8-2-4-9(5-3-8)26(18,22)23/h2-6H,16-17H2,1H3,(H,19,20)(H2,18,22,23). The van der Waals surface area contributed by atoms with Crippen molar-refractivity contribution < 1.29 is 13.2 Å². The quantitative estimate of drug-likeness (QED) is 0.471. The fourth-order valence-electron chi connectivity index (χ4n) is 2.23. The van der Waals surface area contributed by atoms with Gasteiger partial charge in [-0.15, -0.1) is 11.3 Å². The summed E-state index contributed by atoms with van der Waals surface area (Å²) >= 11 is 2.32. The van der Waals surface area contributed by atoms with Crippen LogP contribution in [0.25, 0.3) is 0 Å². The Hall–Kier alpha value is -2.47. The molecule has 0 aliphatic heterocycles. The lowest BCUT2D eigenvalue weighted by Gasteiger charge is -2.03. The summed E-state index contributed by atoms with van der Waals surface area (Å²) in [5.41, 5.74) is 13.0. The number of aryl methyl sites for hydroxylation is 1. The first-order valence-corrected chi connectivity index (χ1v) is 10.4. The summed E-state index contributed by atoms with van der Waals surface area (Å²) in [5, 5.41) is 9.02.